The molecule has 0 saturated carbocycles. The molecule has 0 atom stereocenters. The van der Waals surface area contributed by atoms with Crippen molar-refractivity contribution < 1.29 is 19.1 Å². The Bertz CT molecular complexity index is 1280. The van der Waals surface area contributed by atoms with E-state index < -0.39 is 8.32 Å². The van der Waals surface area contributed by atoms with E-state index in [1.54, 1.807) is 36.4 Å². The van der Waals surface area contributed by atoms with Gasteiger partial charge < -0.3 is 9.53 Å². The highest BCUT2D eigenvalue weighted by Crippen LogP contribution is 2.41. The average molecular weight is 432 g/mol. The van der Waals surface area contributed by atoms with Crippen molar-refractivity contribution in [1.29, 1.82) is 0 Å². The molecular weight excluding hydrogens is 410 g/mol. The van der Waals surface area contributed by atoms with Crippen LogP contribution in [-0.4, -0.2) is 25.0 Å². The number of fused-ring (bicyclic) bond motifs is 2. The fraction of sp³-hybridized carbons (Fsp3) is 0.130. The van der Waals surface area contributed by atoms with Crippen LogP contribution in [0.4, 0.5) is 5.69 Å². The number of nitrogens with one attached hydrogen (secondary N) is 1. The first-order valence-corrected chi connectivity index (χ1v) is 13.2. The van der Waals surface area contributed by atoms with E-state index in [-0.39, 0.29) is 28.7 Å². The fourth-order valence-electron chi connectivity index (χ4n) is 3.33. The highest BCUT2D eigenvalue weighted by molar-refractivity contribution is 6.70. The first-order chi connectivity index (χ1) is 14.7. The van der Waals surface area contributed by atoms with Gasteiger partial charge in [0, 0.05) is 34.0 Å². The molecule has 31 heavy (non-hydrogen) atoms. The molecule has 3 aromatic carbocycles. The maximum atomic E-state index is 12.6. The number of Topliss-reactive ketones (excluding diaryl/α,β-unsaturated/α-hetero) is 1. The number of phenols is 1. The summed E-state index contributed by atoms with van der Waals surface area (Å²) in [5.41, 5.74) is 3.42. The molecule has 156 valence electrons. The van der Waals surface area contributed by atoms with Crippen LogP contribution in [0, 0.1) is 0 Å². The van der Waals surface area contributed by atoms with Gasteiger partial charge in [-0.3, -0.25) is 15.0 Å². The highest BCUT2D eigenvalue weighted by atomic mass is 28.4. The Balaban J connectivity index is 1.65. The number of aromatic hydroxyl groups is 1. The third kappa shape index (κ3) is 4.10. The highest BCUT2D eigenvalue weighted by Gasteiger charge is 2.25. The van der Waals surface area contributed by atoms with Crippen LogP contribution >= 0.6 is 0 Å². The van der Waals surface area contributed by atoms with Gasteiger partial charge in [-0.05, 0) is 19.6 Å². The van der Waals surface area contributed by atoms with Crippen LogP contribution in [0.5, 0.6) is 11.5 Å². The summed E-state index contributed by atoms with van der Waals surface area (Å²) in [6.45, 7) is 6.19. The maximum absolute atomic E-state index is 12.6. The van der Waals surface area contributed by atoms with Crippen molar-refractivity contribution in [3.05, 3.63) is 77.5 Å². The van der Waals surface area contributed by atoms with Gasteiger partial charge >= 0.3 is 0 Å². The van der Waals surface area contributed by atoms with Gasteiger partial charge in [-0.1, -0.05) is 53.8 Å². The van der Waals surface area contributed by atoms with Gasteiger partial charge in [-0.15, -0.1) is 5.11 Å². The second kappa shape index (κ2) is 7.80. The quantitative estimate of drug-likeness (QED) is 0.324. The Morgan fingerprint density at radius 1 is 0.935 bits per heavy atom. The molecule has 0 radical (unpaired) electrons. The van der Waals surface area contributed by atoms with Crippen LogP contribution in [0.1, 0.15) is 20.7 Å². The van der Waals surface area contributed by atoms with Crippen molar-refractivity contribution in [3.63, 3.8) is 0 Å². The lowest BCUT2D eigenvalue weighted by atomic mass is 9.93. The first kappa shape index (κ1) is 20.5. The van der Waals surface area contributed by atoms with E-state index in [9.17, 15) is 14.7 Å². The molecule has 3 aromatic rings. The minimum atomic E-state index is -1.92. The predicted molar refractivity (Wildman–Crippen MR) is 120 cm³/mol. The monoisotopic (exact) mass is 431 g/mol. The number of carbonyl (C=O) groups excluding carboxylic acids is 2. The van der Waals surface area contributed by atoms with Crippen molar-refractivity contribution in [1.82, 2.24) is 5.43 Å². The van der Waals surface area contributed by atoms with Crippen molar-refractivity contribution in [3.8, 4) is 11.5 Å². The molecule has 1 aliphatic rings. The van der Waals surface area contributed by atoms with E-state index in [2.05, 4.69) is 35.4 Å². The van der Waals surface area contributed by atoms with E-state index in [1.165, 1.54) is 6.08 Å². The maximum Gasteiger partial charge on any atom is 0.242 e. The average Bonchev–Trinajstić information content (AvgIpc) is 2.74. The Labute approximate surface area is 180 Å². The summed E-state index contributed by atoms with van der Waals surface area (Å²) < 4.78 is 6.17. The summed E-state index contributed by atoms with van der Waals surface area (Å²) >= 11 is 0. The molecule has 0 unspecified atom stereocenters. The van der Waals surface area contributed by atoms with Crippen molar-refractivity contribution >= 4 is 36.3 Å². The van der Waals surface area contributed by atoms with Crippen molar-refractivity contribution in [2.24, 2.45) is 10.3 Å². The third-order valence-corrected chi connectivity index (χ3v) is 5.49. The molecule has 0 aliphatic heterocycles. The number of benzene rings is 3. The number of ketones is 2. The van der Waals surface area contributed by atoms with Gasteiger partial charge in [0.2, 0.25) is 14.1 Å². The van der Waals surface area contributed by atoms with Crippen LogP contribution in [0.15, 0.2) is 76.7 Å². The molecule has 0 fully saturated rings. The number of hydrogen-bond acceptors (Lipinski definition) is 6. The Morgan fingerprint density at radius 3 is 2.29 bits per heavy atom. The Morgan fingerprint density at radius 2 is 1.58 bits per heavy atom. The van der Waals surface area contributed by atoms with Gasteiger partial charge in [-0.2, -0.15) is 0 Å². The minimum Gasteiger partial charge on any atom is -0.544 e. The van der Waals surface area contributed by atoms with Crippen LogP contribution in [0.2, 0.25) is 19.6 Å². The topological polar surface area (TPSA) is 100 Å². The number of phenolic OH excluding ortho intramolecular Hbond substituents is 1. The van der Waals surface area contributed by atoms with Gasteiger partial charge in [-0.25, -0.2) is 0 Å². The number of carbonyl (C=O) groups is 2. The zero-order valence-corrected chi connectivity index (χ0v) is 18.3. The fourth-order valence-corrected chi connectivity index (χ4v) is 4.16. The Hall–Kier alpha value is -3.78. The summed E-state index contributed by atoms with van der Waals surface area (Å²) in [5.74, 6) is -0.0695. The van der Waals surface area contributed by atoms with E-state index >= 15 is 0 Å². The standard InChI is InChI=1S/C23H21N3O4Si/c1-31(2,3)30-21-13-19(23(29)17-11-7-5-9-15(17)21)25-26-24-18-12-20(27)14-8-4-6-10-16(14)22(18)28/h4-13,29H,1-3H3,(H,24,25). The van der Waals surface area contributed by atoms with E-state index in [4.69, 9.17) is 4.43 Å². The molecule has 0 heterocycles. The van der Waals surface area contributed by atoms with E-state index in [1.807, 2.05) is 18.2 Å². The number of nitrogens with zero attached hydrogens (tertiary/aromatic N) is 2. The summed E-state index contributed by atoms with van der Waals surface area (Å²) in [6, 6.07) is 15.6. The molecule has 7 nitrogen and oxygen atoms in total. The summed E-state index contributed by atoms with van der Waals surface area (Å²) in [6.07, 6.45) is 1.20. The number of hydrogen-bond donors (Lipinski definition) is 2. The predicted octanol–water partition coefficient (Wildman–Crippen LogP) is 5.31. The SMILES string of the molecule is C[Si](C)(C)Oc1cc(N=NNC2=CC(=O)c3ccccc3C2=O)c(O)c2ccccc12. The van der Waals surface area contributed by atoms with Crippen LogP contribution in [0.25, 0.3) is 10.8 Å². The molecule has 0 bridgehead atoms. The lowest BCUT2D eigenvalue weighted by molar-refractivity contribution is 0.0978. The van der Waals surface area contributed by atoms with Crippen LogP contribution in [-0.2, 0) is 0 Å². The molecule has 0 saturated heterocycles. The molecule has 8 heteroatoms. The van der Waals surface area contributed by atoms with Crippen molar-refractivity contribution in [2.75, 3.05) is 0 Å². The summed E-state index contributed by atoms with van der Waals surface area (Å²) in [4.78, 5) is 24.9. The normalized spacial score (nSPS) is 14.0. The second-order valence-electron chi connectivity index (χ2n) is 8.11. The molecule has 0 amide bonds. The van der Waals surface area contributed by atoms with Crippen LogP contribution < -0.4 is 9.85 Å². The smallest absolute Gasteiger partial charge is 0.242 e. The lowest BCUT2D eigenvalue weighted by Crippen LogP contribution is -2.29. The van der Waals surface area contributed by atoms with Gasteiger partial charge in [0.15, 0.2) is 11.5 Å². The number of rotatable bonds is 5. The summed E-state index contributed by atoms with van der Waals surface area (Å²) in [5, 5.41) is 19.9. The van der Waals surface area contributed by atoms with Crippen LogP contribution in [0.3, 0.4) is 0 Å². The molecule has 4 rings (SSSR count). The first-order valence-electron chi connectivity index (χ1n) is 9.75. The summed E-state index contributed by atoms with van der Waals surface area (Å²) in [7, 11) is -1.92. The molecule has 0 spiro atoms. The molecular formula is C23H21N3O4Si. The lowest BCUT2D eigenvalue weighted by Gasteiger charge is -2.21. The van der Waals surface area contributed by atoms with E-state index in [0.717, 1.165) is 5.39 Å². The zero-order chi connectivity index (χ0) is 22.2. The Kier molecular flexibility index (Phi) is 5.16. The van der Waals surface area contributed by atoms with Gasteiger partial charge in [0.1, 0.15) is 17.1 Å². The zero-order valence-electron chi connectivity index (χ0n) is 17.3. The third-order valence-electron chi connectivity index (χ3n) is 4.66. The molecule has 1 aliphatic carbocycles. The van der Waals surface area contributed by atoms with Crippen molar-refractivity contribution in [2.45, 2.75) is 19.6 Å². The molecule has 2 N–H and O–H groups in total. The largest absolute Gasteiger partial charge is 0.544 e. The minimum absolute atomic E-state index is 0.0197. The van der Waals surface area contributed by atoms with Gasteiger partial charge in [0.25, 0.3) is 0 Å². The molecule has 0 aromatic heterocycles. The second-order valence-corrected chi connectivity index (χ2v) is 12.5. The van der Waals surface area contributed by atoms with Gasteiger partial charge in [0.05, 0.1) is 0 Å². The number of allylic oxidation sites excluding steroid dienone is 2. The van der Waals surface area contributed by atoms with E-state index in [0.29, 0.717) is 22.3 Å².